The molecule has 0 spiro atoms. The fourth-order valence-corrected chi connectivity index (χ4v) is 9.28. The van der Waals surface area contributed by atoms with Crippen molar-refractivity contribution in [2.45, 2.75) is 57.7 Å². The van der Waals surface area contributed by atoms with Crippen molar-refractivity contribution in [3.8, 4) is 0 Å². The summed E-state index contributed by atoms with van der Waals surface area (Å²) < 4.78 is 73.7. The zero-order valence-electron chi connectivity index (χ0n) is 27.3. The first-order valence-corrected chi connectivity index (χ1v) is 20.9. The van der Waals surface area contributed by atoms with Gasteiger partial charge < -0.3 is 40.2 Å². The molecule has 4 aromatic rings. The maximum Gasteiger partial charge on any atom is 0.393 e. The lowest BCUT2D eigenvalue weighted by Gasteiger charge is -2.27. The third kappa shape index (κ3) is 6.95. The maximum absolute atomic E-state index is 16.3. The standard InChI is InChI=1S/C26H31FN10O11P2S2/c1-26(2,3)25(39)42-10-52-50(41)44-5-12-17(13(27)23(46-12)36-8-34-14-19(28)30-6-32-21(14)36)47-49(40,51)43-4-11-16(38)18(48-50)24(45-11)37-9-35-15-20(29)31-7-33-22(15)37/h6-9,11,13,16,18,23-24,38H,4-5,10H2,1-3H3,(H,40,51)(H2,28,30,32)(H2,29,31,33). The molecule has 1 fully saturated rings. The molecule has 0 aromatic carbocycles. The van der Waals surface area contributed by atoms with Crippen LogP contribution < -0.4 is 11.5 Å². The number of aliphatic hydroxyl groups is 1. The number of halogens is 1. The average molecular weight is 805 g/mol. The number of aromatic nitrogens is 8. The molecule has 3 aliphatic heterocycles. The van der Waals surface area contributed by atoms with Crippen molar-refractivity contribution >= 4 is 76.6 Å². The zero-order chi connectivity index (χ0) is 37.2. The number of alkyl halides is 1. The molecule has 7 rings (SSSR count). The second-order valence-electron chi connectivity index (χ2n) is 12.5. The molecule has 6 N–H and O–H groups in total. The quantitative estimate of drug-likeness (QED) is 0.128. The summed E-state index contributed by atoms with van der Waals surface area (Å²) >= 11 is 5.67. The van der Waals surface area contributed by atoms with Crippen LogP contribution in [0, 0.1) is 5.41 Å². The fraction of sp³-hybridized carbons (Fsp3) is 0.500. The van der Waals surface area contributed by atoms with Crippen LogP contribution in [0.15, 0.2) is 36.8 Å². The van der Waals surface area contributed by atoms with Crippen molar-refractivity contribution in [1.29, 1.82) is 0 Å². The minimum Gasteiger partial charge on any atom is -0.465 e. The lowest BCUT2D eigenvalue weighted by atomic mass is 9.98. The Morgan fingerprint density at radius 1 is 1.06 bits per heavy atom. The Kier molecular flexibility index (Phi) is 9.68. The number of anilines is 2. The molecule has 0 aliphatic carbocycles. The van der Waals surface area contributed by atoms with E-state index in [2.05, 4.69) is 29.9 Å². The molecule has 7 heterocycles. The predicted octanol–water partition coefficient (Wildman–Crippen LogP) is 2.22. The topological polar surface area (TPSA) is 278 Å². The first kappa shape index (κ1) is 36.8. The van der Waals surface area contributed by atoms with E-state index < -0.39 is 92.5 Å². The summed E-state index contributed by atoms with van der Waals surface area (Å²) in [5, 5.41) is 11.5. The number of hydrogen-bond donors (Lipinski definition) is 4. The number of carbonyl (C=O) groups is 1. The van der Waals surface area contributed by atoms with Crippen LogP contribution >= 0.6 is 24.9 Å². The number of hydrogen-bond acceptors (Lipinski definition) is 20. The predicted molar refractivity (Wildman–Crippen MR) is 181 cm³/mol. The maximum atomic E-state index is 16.3. The monoisotopic (exact) mass is 804 g/mol. The first-order valence-electron chi connectivity index (χ1n) is 15.2. The van der Waals surface area contributed by atoms with Gasteiger partial charge in [-0.05, 0) is 20.8 Å². The van der Waals surface area contributed by atoms with Crippen LogP contribution in [0.3, 0.4) is 0 Å². The summed E-state index contributed by atoms with van der Waals surface area (Å²) in [4.78, 5) is 48.1. The van der Waals surface area contributed by atoms with Crippen LogP contribution in [-0.4, -0.2) is 98.6 Å². The number of esters is 1. The lowest BCUT2D eigenvalue weighted by molar-refractivity contribution is -0.150. The molecule has 2 bridgehead atoms. The summed E-state index contributed by atoms with van der Waals surface area (Å²) in [7, 11) is 0. The Morgan fingerprint density at radius 3 is 2.29 bits per heavy atom. The number of nitrogens with zero attached hydrogens (tertiary/aromatic N) is 8. The van der Waals surface area contributed by atoms with Crippen LogP contribution in [0.4, 0.5) is 16.0 Å². The van der Waals surface area contributed by atoms with Gasteiger partial charge in [0, 0.05) is 23.2 Å². The molecular formula is C26H31FN10O11P2S2. The Hall–Kier alpha value is -3.57. The molecular weight excluding hydrogens is 773 g/mol. The molecule has 4 aromatic heterocycles. The van der Waals surface area contributed by atoms with Gasteiger partial charge in [0.15, 0.2) is 40.7 Å². The molecule has 26 heteroatoms. The van der Waals surface area contributed by atoms with Crippen molar-refractivity contribution in [3.05, 3.63) is 36.8 Å². The Balaban J connectivity index is 1.25. The summed E-state index contributed by atoms with van der Waals surface area (Å²) in [6.07, 6.45) is -4.65. The summed E-state index contributed by atoms with van der Waals surface area (Å²) in [6, 6.07) is 0. The van der Waals surface area contributed by atoms with Crippen molar-refractivity contribution in [2.75, 3.05) is 30.6 Å². The van der Waals surface area contributed by atoms with Crippen LogP contribution in [-0.2, 0) is 53.5 Å². The number of carbonyl (C=O) groups excluding carboxylic acids is 1. The number of nitrogen functional groups attached to an aromatic ring is 2. The third-order valence-electron chi connectivity index (χ3n) is 7.91. The number of imidazole rings is 2. The highest BCUT2D eigenvalue weighted by Gasteiger charge is 2.52. The normalized spacial score (nSPS) is 31.3. The van der Waals surface area contributed by atoms with Gasteiger partial charge in [0.25, 0.3) is 0 Å². The van der Waals surface area contributed by atoms with Crippen LogP contribution in [0.25, 0.3) is 22.3 Å². The number of aliphatic hydroxyl groups excluding tert-OH is 1. The highest BCUT2D eigenvalue weighted by atomic mass is 32.7. The van der Waals surface area contributed by atoms with Gasteiger partial charge in [-0.15, -0.1) is 0 Å². The zero-order valence-corrected chi connectivity index (χ0v) is 30.7. The molecule has 1 saturated heterocycles. The van der Waals surface area contributed by atoms with E-state index in [4.69, 9.17) is 55.6 Å². The molecule has 0 radical (unpaired) electrons. The Labute approximate surface area is 301 Å². The summed E-state index contributed by atoms with van der Waals surface area (Å²) in [5.41, 5.74) is 11.6. The van der Waals surface area contributed by atoms with Gasteiger partial charge in [-0.3, -0.25) is 27.5 Å². The molecule has 3 aliphatic rings. The van der Waals surface area contributed by atoms with E-state index in [0.29, 0.717) is 11.4 Å². The molecule has 0 amide bonds. The average Bonchev–Trinajstić information content (AvgIpc) is 3.84. The third-order valence-corrected chi connectivity index (χ3v) is 12.7. The van der Waals surface area contributed by atoms with E-state index >= 15 is 4.39 Å². The number of fused-ring (bicyclic) bond motifs is 4. The second kappa shape index (κ2) is 13.7. The van der Waals surface area contributed by atoms with Gasteiger partial charge in [-0.2, -0.15) is 0 Å². The van der Waals surface area contributed by atoms with E-state index in [1.165, 1.54) is 28.1 Å². The number of nitrogens with two attached hydrogens (primary N) is 2. The molecule has 8 atom stereocenters. The first-order chi connectivity index (χ1) is 24.6. The SMILES string of the molecule is CC(C)(C)C(=O)OCSP1(=O)OCC2=C(OP(O)(=S)OCC3OC(n4cnc5c(N)ncnc54)C(O1)C3O)C(F)C(n1cnc3c(N)ncnc31)O2. The highest BCUT2D eigenvalue weighted by Crippen LogP contribution is 2.64. The van der Waals surface area contributed by atoms with Crippen LogP contribution in [0.1, 0.15) is 33.2 Å². The minimum atomic E-state index is -4.57. The van der Waals surface area contributed by atoms with E-state index in [9.17, 15) is 19.4 Å². The largest absolute Gasteiger partial charge is 0.465 e. The van der Waals surface area contributed by atoms with Gasteiger partial charge in [0.05, 0.1) is 18.3 Å². The van der Waals surface area contributed by atoms with E-state index in [1.807, 2.05) is 0 Å². The second-order valence-corrected chi connectivity index (χ2v) is 19.2. The smallest absolute Gasteiger partial charge is 0.393 e. The Bertz CT molecular complexity index is 2170. The van der Waals surface area contributed by atoms with Crippen molar-refractivity contribution in [1.82, 2.24) is 39.0 Å². The molecule has 21 nitrogen and oxygen atoms in total. The van der Waals surface area contributed by atoms with E-state index in [0.717, 1.165) is 6.33 Å². The summed E-state index contributed by atoms with van der Waals surface area (Å²) in [5.74, 6) is -2.10. The molecule has 8 unspecified atom stereocenters. The van der Waals surface area contributed by atoms with Crippen LogP contribution in [0.5, 0.6) is 0 Å². The van der Waals surface area contributed by atoms with Crippen LogP contribution in [0.2, 0.25) is 0 Å². The molecule has 280 valence electrons. The minimum absolute atomic E-state index is 0.0260. The van der Waals surface area contributed by atoms with E-state index in [-0.39, 0.29) is 34.0 Å². The van der Waals surface area contributed by atoms with Gasteiger partial charge in [0.2, 0.25) is 12.4 Å². The molecule has 52 heavy (non-hydrogen) atoms. The van der Waals surface area contributed by atoms with Crippen molar-refractivity contribution in [2.24, 2.45) is 5.41 Å². The Morgan fingerprint density at radius 2 is 1.67 bits per heavy atom. The molecule has 0 saturated carbocycles. The van der Waals surface area contributed by atoms with Gasteiger partial charge in [-0.25, -0.2) is 38.9 Å². The van der Waals surface area contributed by atoms with E-state index in [1.54, 1.807) is 20.8 Å². The van der Waals surface area contributed by atoms with Gasteiger partial charge in [0.1, 0.15) is 60.9 Å². The van der Waals surface area contributed by atoms with Crippen molar-refractivity contribution < 1.29 is 56.1 Å². The number of ether oxygens (including phenoxy) is 3. The van der Waals surface area contributed by atoms with Gasteiger partial charge in [-0.1, -0.05) is 0 Å². The van der Waals surface area contributed by atoms with Gasteiger partial charge >= 0.3 is 19.5 Å². The summed E-state index contributed by atoms with van der Waals surface area (Å²) in [6.45, 7) is -5.48. The highest BCUT2D eigenvalue weighted by molar-refractivity contribution is 8.55. The van der Waals surface area contributed by atoms with Crippen molar-refractivity contribution in [3.63, 3.8) is 0 Å². The fourth-order valence-electron chi connectivity index (χ4n) is 5.32. The number of rotatable bonds is 5. The lowest BCUT2D eigenvalue weighted by Crippen LogP contribution is -2.35.